The van der Waals surface area contributed by atoms with Crippen molar-refractivity contribution in [3.05, 3.63) is 64.7 Å². The lowest BCUT2D eigenvalue weighted by molar-refractivity contribution is 0.102. The molecule has 8 heteroatoms. The van der Waals surface area contributed by atoms with Crippen LogP contribution in [0.3, 0.4) is 0 Å². The number of amides is 1. The molecule has 0 atom stereocenters. The molecule has 1 aromatic carbocycles. The molecule has 2 heterocycles. The molecule has 0 aliphatic rings. The van der Waals surface area contributed by atoms with Crippen molar-refractivity contribution >= 4 is 23.1 Å². The molecule has 1 N–H and O–H groups in total. The van der Waals surface area contributed by atoms with Gasteiger partial charge in [0.15, 0.2) is 11.6 Å². The van der Waals surface area contributed by atoms with Crippen LogP contribution in [0.25, 0.3) is 10.4 Å². The van der Waals surface area contributed by atoms with E-state index < -0.39 is 28.9 Å². The zero-order chi connectivity index (χ0) is 17.3. The molecule has 0 saturated carbocycles. The molecule has 4 nitrogen and oxygen atoms in total. The summed E-state index contributed by atoms with van der Waals surface area (Å²) in [5.74, 6) is -3.84. The van der Waals surface area contributed by atoms with Crippen LogP contribution >= 0.6 is 11.3 Å². The first-order chi connectivity index (χ1) is 11.4. The summed E-state index contributed by atoms with van der Waals surface area (Å²) in [6.45, 7) is 1.78. The van der Waals surface area contributed by atoms with Gasteiger partial charge in [0.1, 0.15) is 11.6 Å². The maximum atomic E-state index is 14.0. The van der Waals surface area contributed by atoms with Crippen molar-refractivity contribution in [2.75, 3.05) is 5.32 Å². The van der Waals surface area contributed by atoms with Crippen molar-refractivity contribution in [1.29, 1.82) is 0 Å². The number of thiazole rings is 1. The number of aromatic nitrogens is 2. The van der Waals surface area contributed by atoms with Crippen LogP contribution in [0.1, 0.15) is 15.4 Å². The summed E-state index contributed by atoms with van der Waals surface area (Å²) in [7, 11) is 0. The van der Waals surface area contributed by atoms with Crippen molar-refractivity contribution in [3.8, 4) is 10.4 Å². The number of rotatable bonds is 3. The van der Waals surface area contributed by atoms with Gasteiger partial charge in [-0.1, -0.05) is 0 Å². The number of hydrogen-bond acceptors (Lipinski definition) is 4. The Kier molecular flexibility index (Phi) is 4.30. The minimum Gasteiger partial charge on any atom is -0.306 e. The van der Waals surface area contributed by atoms with Crippen LogP contribution in [-0.2, 0) is 0 Å². The highest BCUT2D eigenvalue weighted by Gasteiger charge is 2.19. The lowest BCUT2D eigenvalue weighted by Gasteiger charge is -2.08. The van der Waals surface area contributed by atoms with E-state index in [0.29, 0.717) is 10.4 Å². The van der Waals surface area contributed by atoms with Crippen LogP contribution in [0.5, 0.6) is 0 Å². The first-order valence-electron chi connectivity index (χ1n) is 6.79. The van der Waals surface area contributed by atoms with E-state index >= 15 is 0 Å². The molecule has 122 valence electrons. The van der Waals surface area contributed by atoms with Gasteiger partial charge in [0.25, 0.3) is 5.91 Å². The van der Waals surface area contributed by atoms with Crippen LogP contribution in [-0.4, -0.2) is 15.9 Å². The van der Waals surface area contributed by atoms with Crippen LogP contribution in [0.15, 0.2) is 36.7 Å². The number of benzene rings is 1. The highest BCUT2D eigenvalue weighted by atomic mass is 32.1. The summed E-state index contributed by atoms with van der Waals surface area (Å²) in [6, 6.07) is 4.56. The highest BCUT2D eigenvalue weighted by Crippen LogP contribution is 2.29. The molecule has 0 unspecified atom stereocenters. The van der Waals surface area contributed by atoms with E-state index in [1.165, 1.54) is 29.7 Å². The van der Waals surface area contributed by atoms with Crippen LogP contribution < -0.4 is 5.32 Å². The van der Waals surface area contributed by atoms with Gasteiger partial charge in [-0.15, -0.1) is 11.3 Å². The monoisotopic (exact) mass is 349 g/mol. The minimum absolute atomic E-state index is 0.0280. The van der Waals surface area contributed by atoms with Gasteiger partial charge in [-0.05, 0) is 36.8 Å². The zero-order valence-corrected chi connectivity index (χ0v) is 13.1. The molecular formula is C16H10F3N3OS. The molecule has 0 aliphatic heterocycles. The summed E-state index contributed by atoms with van der Waals surface area (Å²) in [6.07, 6.45) is 2.43. The summed E-state index contributed by atoms with van der Waals surface area (Å²) >= 11 is 1.30. The van der Waals surface area contributed by atoms with Crippen molar-refractivity contribution < 1.29 is 18.0 Å². The van der Waals surface area contributed by atoms with Crippen molar-refractivity contribution in [2.24, 2.45) is 0 Å². The Morgan fingerprint density at radius 3 is 2.54 bits per heavy atom. The van der Waals surface area contributed by atoms with E-state index in [9.17, 15) is 18.0 Å². The number of pyridine rings is 1. The van der Waals surface area contributed by atoms with Gasteiger partial charge in [0.2, 0.25) is 0 Å². The van der Waals surface area contributed by atoms with Gasteiger partial charge in [-0.2, -0.15) is 0 Å². The van der Waals surface area contributed by atoms with Gasteiger partial charge in [0, 0.05) is 6.20 Å². The summed E-state index contributed by atoms with van der Waals surface area (Å²) < 4.78 is 40.7. The Bertz CT molecular complexity index is 909. The number of hydrogen-bond donors (Lipinski definition) is 1. The number of nitrogens with one attached hydrogen (secondary N) is 1. The molecule has 0 radical (unpaired) electrons. The van der Waals surface area contributed by atoms with E-state index in [1.54, 1.807) is 6.92 Å². The molecule has 24 heavy (non-hydrogen) atoms. The summed E-state index contributed by atoms with van der Waals surface area (Å²) in [5, 5.41) is 3.06. The van der Waals surface area contributed by atoms with E-state index in [1.807, 2.05) is 0 Å². The van der Waals surface area contributed by atoms with Gasteiger partial charge < -0.3 is 5.32 Å². The zero-order valence-electron chi connectivity index (χ0n) is 12.3. The fourth-order valence-corrected chi connectivity index (χ4v) is 2.79. The van der Waals surface area contributed by atoms with Gasteiger partial charge in [-0.25, -0.2) is 23.1 Å². The maximum absolute atomic E-state index is 14.0. The molecule has 2 aromatic heterocycles. The Labute approximate surface area is 139 Å². The minimum atomic E-state index is -1.26. The number of aryl methyl sites for hydroxylation is 1. The van der Waals surface area contributed by atoms with Gasteiger partial charge in [-0.3, -0.25) is 4.79 Å². The van der Waals surface area contributed by atoms with E-state index in [-0.39, 0.29) is 5.82 Å². The molecular weight excluding hydrogens is 339 g/mol. The molecule has 0 bridgehead atoms. The van der Waals surface area contributed by atoms with E-state index in [2.05, 4.69) is 15.3 Å². The first kappa shape index (κ1) is 16.1. The summed E-state index contributed by atoms with van der Waals surface area (Å²) in [5.41, 5.74) is -0.126. The Morgan fingerprint density at radius 2 is 1.92 bits per heavy atom. The molecule has 0 saturated heterocycles. The molecule has 0 aliphatic carbocycles. The average Bonchev–Trinajstić information content (AvgIpc) is 2.98. The number of nitrogens with zero attached hydrogens (tertiary/aromatic N) is 2. The smallest absolute Gasteiger partial charge is 0.259 e. The number of carbonyl (C=O) groups excluding carboxylic acids is 1. The first-order valence-corrected chi connectivity index (χ1v) is 7.60. The molecule has 0 fully saturated rings. The Balaban J connectivity index is 1.95. The fraction of sp³-hybridized carbons (Fsp3) is 0.0625. The maximum Gasteiger partial charge on any atom is 0.259 e. The molecule has 3 rings (SSSR count). The average molecular weight is 349 g/mol. The predicted octanol–water partition coefficient (Wildman–Crippen LogP) is 4.18. The molecule has 0 spiro atoms. The van der Waals surface area contributed by atoms with E-state index in [0.717, 1.165) is 23.3 Å². The topological polar surface area (TPSA) is 54.9 Å². The second-order valence-electron chi connectivity index (χ2n) is 4.88. The third-order valence-electron chi connectivity index (χ3n) is 3.15. The second kappa shape index (κ2) is 6.40. The van der Waals surface area contributed by atoms with Crippen LogP contribution in [0.2, 0.25) is 0 Å². The largest absolute Gasteiger partial charge is 0.306 e. The quantitative estimate of drug-likeness (QED) is 0.772. The highest BCUT2D eigenvalue weighted by molar-refractivity contribution is 7.15. The van der Waals surface area contributed by atoms with Crippen molar-refractivity contribution in [1.82, 2.24) is 9.97 Å². The second-order valence-corrected chi connectivity index (χ2v) is 6.11. The summed E-state index contributed by atoms with van der Waals surface area (Å²) in [4.78, 5) is 20.5. The molecule has 1 amide bonds. The molecule has 3 aromatic rings. The lowest BCUT2D eigenvalue weighted by atomic mass is 10.1. The Morgan fingerprint density at radius 1 is 1.12 bits per heavy atom. The SMILES string of the molecule is Cc1ncc(-c2cc(F)c(F)c(C(=O)Nc3ccc(F)cn3)c2)s1. The number of carbonyl (C=O) groups is 1. The van der Waals surface area contributed by atoms with Gasteiger partial charge in [0.05, 0.1) is 21.6 Å². The predicted molar refractivity (Wildman–Crippen MR) is 84.4 cm³/mol. The number of anilines is 1. The standard InChI is InChI=1S/C16H10F3N3OS/c1-8-20-7-13(24-8)9-4-11(15(19)12(18)5-9)16(23)22-14-3-2-10(17)6-21-14/h2-7H,1H3,(H,21,22,23). The van der Waals surface area contributed by atoms with Crippen molar-refractivity contribution in [2.45, 2.75) is 6.92 Å². The normalized spacial score (nSPS) is 10.7. The van der Waals surface area contributed by atoms with Crippen LogP contribution in [0.4, 0.5) is 19.0 Å². The van der Waals surface area contributed by atoms with Crippen LogP contribution in [0, 0.1) is 24.4 Å². The van der Waals surface area contributed by atoms with Gasteiger partial charge >= 0.3 is 0 Å². The van der Waals surface area contributed by atoms with Crippen molar-refractivity contribution in [3.63, 3.8) is 0 Å². The lowest BCUT2D eigenvalue weighted by Crippen LogP contribution is -2.15. The van der Waals surface area contributed by atoms with E-state index in [4.69, 9.17) is 0 Å². The Hall–Kier alpha value is -2.74. The fourth-order valence-electron chi connectivity index (χ4n) is 2.02. The third-order valence-corrected chi connectivity index (χ3v) is 4.11. The number of halogens is 3. The third kappa shape index (κ3) is 3.28.